The molecule has 7 nitrogen and oxygen atoms in total. The molecule has 0 aliphatic carbocycles. The van der Waals surface area contributed by atoms with E-state index in [9.17, 15) is 9.59 Å². The molecule has 7 heteroatoms. The largest absolute Gasteiger partial charge is 0.480 e. The van der Waals surface area contributed by atoms with Crippen LogP contribution >= 0.6 is 0 Å². The number of aliphatic carboxylic acids is 1. The van der Waals surface area contributed by atoms with E-state index in [0.717, 1.165) is 15.9 Å². The Balaban J connectivity index is 2.21. The standard InChI is InChI=1S/C13H14N4O3/c1-9-5-3-4-6-11(9)16(2)13(20)10-7-17(15-14-10)8-12(18)19/h3-7H,8H2,1-2H3,(H,18,19). The maximum Gasteiger partial charge on any atom is 0.325 e. The lowest BCUT2D eigenvalue weighted by molar-refractivity contribution is -0.137. The summed E-state index contributed by atoms with van der Waals surface area (Å²) in [6, 6.07) is 7.46. The summed E-state index contributed by atoms with van der Waals surface area (Å²) in [6.07, 6.45) is 1.32. The average molecular weight is 274 g/mol. The van der Waals surface area contributed by atoms with E-state index in [1.807, 2.05) is 31.2 Å². The lowest BCUT2D eigenvalue weighted by Gasteiger charge is -2.17. The molecule has 1 aromatic heterocycles. The van der Waals surface area contributed by atoms with E-state index in [1.165, 1.54) is 11.1 Å². The van der Waals surface area contributed by atoms with Gasteiger partial charge in [0.05, 0.1) is 6.20 Å². The molecule has 2 rings (SSSR count). The lowest BCUT2D eigenvalue weighted by atomic mass is 10.2. The van der Waals surface area contributed by atoms with Gasteiger partial charge in [0.1, 0.15) is 6.54 Å². The maximum atomic E-state index is 12.3. The minimum atomic E-state index is -1.04. The molecule has 0 spiro atoms. The van der Waals surface area contributed by atoms with Gasteiger partial charge in [0.15, 0.2) is 5.69 Å². The number of hydrogen-bond donors (Lipinski definition) is 1. The number of hydrogen-bond acceptors (Lipinski definition) is 4. The van der Waals surface area contributed by atoms with Crippen molar-refractivity contribution in [2.75, 3.05) is 11.9 Å². The topological polar surface area (TPSA) is 88.3 Å². The van der Waals surface area contributed by atoms with Crippen molar-refractivity contribution >= 4 is 17.6 Å². The molecule has 0 unspecified atom stereocenters. The van der Waals surface area contributed by atoms with Crippen LogP contribution in [0.3, 0.4) is 0 Å². The highest BCUT2D eigenvalue weighted by Gasteiger charge is 2.18. The monoisotopic (exact) mass is 274 g/mol. The van der Waals surface area contributed by atoms with E-state index < -0.39 is 5.97 Å². The van der Waals surface area contributed by atoms with Gasteiger partial charge in [0.2, 0.25) is 0 Å². The number of para-hydroxylation sites is 1. The number of nitrogens with zero attached hydrogens (tertiary/aromatic N) is 4. The highest BCUT2D eigenvalue weighted by molar-refractivity contribution is 6.04. The fraction of sp³-hybridized carbons (Fsp3) is 0.231. The third-order valence-corrected chi connectivity index (χ3v) is 2.84. The van der Waals surface area contributed by atoms with Gasteiger partial charge in [-0.15, -0.1) is 5.10 Å². The zero-order valence-corrected chi connectivity index (χ0v) is 11.1. The Labute approximate surface area is 115 Å². The normalized spacial score (nSPS) is 10.3. The maximum absolute atomic E-state index is 12.3. The first kappa shape index (κ1) is 13.7. The molecule has 1 heterocycles. The Hall–Kier alpha value is -2.70. The number of carboxylic acids is 1. The minimum absolute atomic E-state index is 0.108. The third kappa shape index (κ3) is 2.82. The Morgan fingerprint density at radius 1 is 1.35 bits per heavy atom. The van der Waals surface area contributed by atoms with Gasteiger partial charge in [0, 0.05) is 12.7 Å². The predicted molar refractivity (Wildman–Crippen MR) is 71.6 cm³/mol. The van der Waals surface area contributed by atoms with Crippen LogP contribution in [0.15, 0.2) is 30.5 Å². The van der Waals surface area contributed by atoms with Gasteiger partial charge in [-0.05, 0) is 18.6 Å². The number of aryl methyl sites for hydroxylation is 1. The van der Waals surface area contributed by atoms with Gasteiger partial charge in [-0.2, -0.15) is 0 Å². The highest BCUT2D eigenvalue weighted by atomic mass is 16.4. The average Bonchev–Trinajstić information content (AvgIpc) is 2.85. The van der Waals surface area contributed by atoms with Crippen LogP contribution in [0.5, 0.6) is 0 Å². The molecule has 0 bridgehead atoms. The highest BCUT2D eigenvalue weighted by Crippen LogP contribution is 2.19. The number of carboxylic acid groups (broad SMARTS) is 1. The minimum Gasteiger partial charge on any atom is -0.480 e. The Kier molecular flexibility index (Phi) is 3.79. The molecule has 1 N–H and O–H groups in total. The molecule has 0 fully saturated rings. The van der Waals surface area contributed by atoms with Crippen molar-refractivity contribution in [3.63, 3.8) is 0 Å². The second-order valence-corrected chi connectivity index (χ2v) is 4.35. The first-order valence-corrected chi connectivity index (χ1v) is 5.94. The number of aromatic nitrogens is 3. The summed E-state index contributed by atoms with van der Waals surface area (Å²) < 4.78 is 1.11. The quantitative estimate of drug-likeness (QED) is 0.896. The Morgan fingerprint density at radius 2 is 2.05 bits per heavy atom. The first-order valence-electron chi connectivity index (χ1n) is 5.94. The molecule has 104 valence electrons. The van der Waals surface area contributed by atoms with Crippen molar-refractivity contribution in [3.05, 3.63) is 41.7 Å². The molecule has 0 aliphatic heterocycles. The second-order valence-electron chi connectivity index (χ2n) is 4.35. The van der Waals surface area contributed by atoms with Gasteiger partial charge in [-0.25, -0.2) is 4.68 Å². The van der Waals surface area contributed by atoms with Crippen molar-refractivity contribution < 1.29 is 14.7 Å². The van der Waals surface area contributed by atoms with E-state index in [4.69, 9.17) is 5.11 Å². The van der Waals surface area contributed by atoms with Crippen LogP contribution in [0.1, 0.15) is 16.1 Å². The first-order chi connectivity index (χ1) is 9.49. The number of carbonyl (C=O) groups is 2. The third-order valence-electron chi connectivity index (χ3n) is 2.84. The summed E-state index contributed by atoms with van der Waals surface area (Å²) >= 11 is 0. The lowest BCUT2D eigenvalue weighted by Crippen LogP contribution is -2.27. The summed E-state index contributed by atoms with van der Waals surface area (Å²) in [7, 11) is 1.64. The van der Waals surface area contributed by atoms with Crippen LogP contribution in [0.25, 0.3) is 0 Å². The summed E-state index contributed by atoms with van der Waals surface area (Å²) in [5.74, 6) is -1.38. The zero-order valence-electron chi connectivity index (χ0n) is 11.1. The van der Waals surface area contributed by atoms with Gasteiger partial charge >= 0.3 is 5.97 Å². The second kappa shape index (κ2) is 5.52. The van der Waals surface area contributed by atoms with Gasteiger partial charge in [-0.1, -0.05) is 23.4 Å². The van der Waals surface area contributed by atoms with Crippen molar-refractivity contribution in [2.24, 2.45) is 0 Å². The molecule has 1 aromatic carbocycles. The summed E-state index contributed by atoms with van der Waals surface area (Å²) in [5, 5.41) is 16.0. The summed E-state index contributed by atoms with van der Waals surface area (Å²) in [5.41, 5.74) is 1.84. The predicted octanol–water partition coefficient (Wildman–Crippen LogP) is 0.948. The molecular weight excluding hydrogens is 260 g/mol. The fourth-order valence-corrected chi connectivity index (χ4v) is 1.83. The molecule has 2 aromatic rings. The van der Waals surface area contributed by atoms with Gasteiger partial charge < -0.3 is 10.0 Å². The van der Waals surface area contributed by atoms with Gasteiger partial charge in [-0.3, -0.25) is 9.59 Å². The smallest absolute Gasteiger partial charge is 0.325 e. The molecule has 0 aliphatic rings. The molecule has 0 saturated heterocycles. The van der Waals surface area contributed by atoms with Crippen molar-refractivity contribution in [1.29, 1.82) is 0 Å². The van der Waals surface area contributed by atoms with Crippen molar-refractivity contribution in [1.82, 2.24) is 15.0 Å². The van der Waals surface area contributed by atoms with Crippen molar-refractivity contribution in [3.8, 4) is 0 Å². The number of benzene rings is 1. The van der Waals surface area contributed by atoms with Crippen molar-refractivity contribution in [2.45, 2.75) is 13.5 Å². The number of rotatable bonds is 4. The number of amides is 1. The summed E-state index contributed by atoms with van der Waals surface area (Å²) in [6.45, 7) is 1.58. The van der Waals surface area contributed by atoms with Crippen LogP contribution in [0, 0.1) is 6.92 Å². The Morgan fingerprint density at radius 3 is 2.70 bits per heavy atom. The molecule has 0 saturated carbocycles. The molecular formula is C13H14N4O3. The van der Waals surface area contributed by atoms with Crippen LogP contribution < -0.4 is 4.90 Å². The molecule has 1 amide bonds. The van der Waals surface area contributed by atoms with E-state index in [-0.39, 0.29) is 18.1 Å². The van der Waals surface area contributed by atoms with Crippen LogP contribution in [-0.2, 0) is 11.3 Å². The fourth-order valence-electron chi connectivity index (χ4n) is 1.83. The summed E-state index contributed by atoms with van der Waals surface area (Å²) in [4.78, 5) is 24.3. The molecule has 20 heavy (non-hydrogen) atoms. The Bertz CT molecular complexity index is 651. The SMILES string of the molecule is Cc1ccccc1N(C)C(=O)c1cn(CC(=O)O)nn1. The zero-order chi connectivity index (χ0) is 14.7. The van der Waals surface area contributed by atoms with Crippen LogP contribution in [0.4, 0.5) is 5.69 Å². The molecule has 0 radical (unpaired) electrons. The van der Waals surface area contributed by atoms with E-state index in [2.05, 4.69) is 10.3 Å². The number of anilines is 1. The van der Waals surface area contributed by atoms with E-state index in [1.54, 1.807) is 7.05 Å². The molecule has 0 atom stereocenters. The van der Waals surface area contributed by atoms with Gasteiger partial charge in [0.25, 0.3) is 5.91 Å². The van der Waals surface area contributed by atoms with Crippen LogP contribution in [-0.4, -0.2) is 39.0 Å². The van der Waals surface area contributed by atoms with Crippen LogP contribution in [0.2, 0.25) is 0 Å². The van der Waals surface area contributed by atoms with E-state index in [0.29, 0.717) is 0 Å². The number of carbonyl (C=O) groups excluding carboxylic acids is 1. The van der Waals surface area contributed by atoms with E-state index >= 15 is 0 Å².